The number of nitrogens with zero attached hydrogens (tertiary/aromatic N) is 2. The molecule has 0 saturated carbocycles. The highest BCUT2D eigenvalue weighted by Crippen LogP contribution is 2.35. The molecule has 0 aliphatic heterocycles. The summed E-state index contributed by atoms with van der Waals surface area (Å²) in [5, 5.41) is 19.3. The molecule has 0 unspecified atom stereocenters. The number of anilines is 2. The zero-order valence-electron chi connectivity index (χ0n) is 16.3. The number of thiazole rings is 1. The van der Waals surface area contributed by atoms with Crippen molar-refractivity contribution in [1.29, 1.82) is 5.26 Å². The van der Waals surface area contributed by atoms with E-state index in [0.29, 0.717) is 15.7 Å². The summed E-state index contributed by atoms with van der Waals surface area (Å²) in [6, 6.07) is 11.6. The zero-order chi connectivity index (χ0) is 21.0. The molecule has 2 aromatic heterocycles. The number of thiophene rings is 1. The van der Waals surface area contributed by atoms with E-state index < -0.39 is 5.91 Å². The molecule has 8 heteroatoms. The molecular weight excluding hydrogens is 404 g/mol. The normalized spacial score (nSPS) is 11.0. The minimum atomic E-state index is -0.413. The van der Waals surface area contributed by atoms with Crippen molar-refractivity contribution in [2.24, 2.45) is 0 Å². The first-order chi connectivity index (χ1) is 13.8. The molecule has 148 valence electrons. The Morgan fingerprint density at radius 1 is 1.10 bits per heavy atom. The lowest BCUT2D eigenvalue weighted by atomic mass is 9.86. The van der Waals surface area contributed by atoms with Crippen LogP contribution in [0.15, 0.2) is 41.1 Å². The summed E-state index contributed by atoms with van der Waals surface area (Å²) in [6.07, 6.45) is 0.234. The number of nitrogens with one attached hydrogen (secondary N) is 2. The molecule has 0 aliphatic rings. The topological polar surface area (TPSA) is 94.9 Å². The third-order valence-corrected chi connectivity index (χ3v) is 5.78. The van der Waals surface area contributed by atoms with Gasteiger partial charge in [-0.1, -0.05) is 51.1 Å². The second kappa shape index (κ2) is 8.55. The van der Waals surface area contributed by atoms with E-state index in [1.54, 1.807) is 5.38 Å². The minimum Gasteiger partial charge on any atom is -0.311 e. The first-order valence-corrected chi connectivity index (χ1v) is 10.7. The van der Waals surface area contributed by atoms with Crippen LogP contribution in [-0.2, 0) is 16.6 Å². The van der Waals surface area contributed by atoms with Gasteiger partial charge in [-0.15, -0.1) is 22.7 Å². The molecule has 0 bridgehead atoms. The van der Waals surface area contributed by atoms with Gasteiger partial charge >= 0.3 is 0 Å². The van der Waals surface area contributed by atoms with Crippen LogP contribution in [0.4, 0.5) is 10.1 Å². The first-order valence-electron chi connectivity index (χ1n) is 8.90. The van der Waals surface area contributed by atoms with E-state index in [4.69, 9.17) is 0 Å². The van der Waals surface area contributed by atoms with Gasteiger partial charge in [0.15, 0.2) is 5.13 Å². The lowest BCUT2D eigenvalue weighted by molar-refractivity contribution is -0.115. The fraction of sp³-hybridized carbons (Fsp3) is 0.238. The van der Waals surface area contributed by atoms with Crippen molar-refractivity contribution >= 4 is 44.6 Å². The highest BCUT2D eigenvalue weighted by molar-refractivity contribution is 7.15. The summed E-state index contributed by atoms with van der Waals surface area (Å²) in [6.45, 7) is 6.06. The van der Waals surface area contributed by atoms with Crippen LogP contribution in [0.5, 0.6) is 0 Å². The minimum absolute atomic E-state index is 0.193. The van der Waals surface area contributed by atoms with Gasteiger partial charge in [0, 0.05) is 5.38 Å². The van der Waals surface area contributed by atoms with E-state index in [-0.39, 0.29) is 23.4 Å². The summed E-state index contributed by atoms with van der Waals surface area (Å²) in [5.41, 5.74) is 2.27. The Hall–Kier alpha value is -3.02. The molecular formula is C21H20N4O2S2. The van der Waals surface area contributed by atoms with E-state index in [2.05, 4.69) is 21.7 Å². The number of carbonyl (C=O) groups excluding carboxylic acids is 2. The lowest BCUT2D eigenvalue weighted by Crippen LogP contribution is -2.16. The van der Waals surface area contributed by atoms with E-state index >= 15 is 0 Å². The molecule has 1 aromatic carbocycles. The summed E-state index contributed by atoms with van der Waals surface area (Å²) in [7, 11) is 0. The van der Waals surface area contributed by atoms with Crippen molar-refractivity contribution in [2.45, 2.75) is 32.6 Å². The number of benzene rings is 1. The van der Waals surface area contributed by atoms with Gasteiger partial charge in [0.1, 0.15) is 16.8 Å². The molecule has 3 rings (SSSR count). The van der Waals surface area contributed by atoms with Gasteiger partial charge in [-0.2, -0.15) is 5.26 Å². The highest BCUT2D eigenvalue weighted by atomic mass is 32.1. The average Bonchev–Trinajstić information content (AvgIpc) is 3.29. The molecule has 0 radical (unpaired) electrons. The Morgan fingerprint density at radius 3 is 2.48 bits per heavy atom. The van der Waals surface area contributed by atoms with Crippen LogP contribution in [0.2, 0.25) is 0 Å². The molecule has 6 nitrogen and oxygen atoms in total. The van der Waals surface area contributed by atoms with Crippen LogP contribution in [-0.4, -0.2) is 16.8 Å². The van der Waals surface area contributed by atoms with Gasteiger partial charge in [-0.3, -0.25) is 9.59 Å². The van der Waals surface area contributed by atoms with Crippen LogP contribution in [0.25, 0.3) is 0 Å². The fourth-order valence-corrected chi connectivity index (χ4v) is 4.50. The Balaban J connectivity index is 1.66. The zero-order valence-corrected chi connectivity index (χ0v) is 17.9. The van der Waals surface area contributed by atoms with E-state index in [9.17, 15) is 14.9 Å². The molecule has 0 spiro atoms. The molecule has 2 N–H and O–H groups in total. The van der Waals surface area contributed by atoms with Crippen LogP contribution in [0.3, 0.4) is 0 Å². The molecule has 3 aromatic rings. The lowest BCUT2D eigenvalue weighted by Gasteiger charge is -2.17. The standard InChI is InChI=1S/C21H20N4O2S2/c1-21(2,3)15-11-28-19(14(15)10-22)25-18(27)16-12-29-20(23-16)24-17(26)9-13-7-5-4-6-8-13/h4-8,11-12H,9H2,1-3H3,(H,25,27)(H,23,24,26). The van der Waals surface area contributed by atoms with Crippen LogP contribution in [0, 0.1) is 11.3 Å². The number of hydrogen-bond acceptors (Lipinski definition) is 6. The van der Waals surface area contributed by atoms with Gasteiger partial charge < -0.3 is 10.6 Å². The van der Waals surface area contributed by atoms with Gasteiger partial charge in [-0.25, -0.2) is 4.98 Å². The summed E-state index contributed by atoms with van der Waals surface area (Å²) in [5.74, 6) is -0.610. The summed E-state index contributed by atoms with van der Waals surface area (Å²) >= 11 is 2.50. The molecule has 2 heterocycles. The smallest absolute Gasteiger partial charge is 0.275 e. The monoisotopic (exact) mass is 424 g/mol. The number of hydrogen-bond donors (Lipinski definition) is 2. The van der Waals surface area contributed by atoms with Crippen molar-refractivity contribution in [2.75, 3.05) is 10.6 Å². The van der Waals surface area contributed by atoms with Crippen molar-refractivity contribution < 1.29 is 9.59 Å². The molecule has 0 aliphatic carbocycles. The summed E-state index contributed by atoms with van der Waals surface area (Å²) < 4.78 is 0. The molecule has 0 saturated heterocycles. The number of carbonyl (C=O) groups is 2. The van der Waals surface area contributed by atoms with Gasteiger partial charge in [0.2, 0.25) is 5.91 Å². The Kier molecular flexibility index (Phi) is 6.11. The number of aromatic nitrogens is 1. The van der Waals surface area contributed by atoms with E-state index in [1.165, 1.54) is 22.7 Å². The number of amides is 2. The first kappa shape index (κ1) is 20.7. The van der Waals surface area contributed by atoms with E-state index in [0.717, 1.165) is 11.1 Å². The Morgan fingerprint density at radius 2 is 1.83 bits per heavy atom. The van der Waals surface area contributed by atoms with Gasteiger partial charge in [0.25, 0.3) is 5.91 Å². The SMILES string of the molecule is CC(C)(C)c1csc(NC(=O)c2csc(NC(=O)Cc3ccccc3)n2)c1C#N. The van der Waals surface area contributed by atoms with Crippen LogP contribution >= 0.6 is 22.7 Å². The van der Waals surface area contributed by atoms with Gasteiger partial charge in [0.05, 0.1) is 12.0 Å². The summed E-state index contributed by atoms with van der Waals surface area (Å²) in [4.78, 5) is 28.9. The predicted molar refractivity (Wildman–Crippen MR) is 117 cm³/mol. The maximum Gasteiger partial charge on any atom is 0.275 e. The average molecular weight is 425 g/mol. The number of rotatable bonds is 5. The van der Waals surface area contributed by atoms with Crippen LogP contribution < -0.4 is 10.6 Å². The third kappa shape index (κ3) is 5.08. The molecule has 29 heavy (non-hydrogen) atoms. The maximum absolute atomic E-state index is 12.5. The Bertz CT molecular complexity index is 1070. The second-order valence-electron chi connectivity index (χ2n) is 7.42. The van der Waals surface area contributed by atoms with Crippen molar-refractivity contribution in [3.8, 4) is 6.07 Å². The number of nitriles is 1. The van der Waals surface area contributed by atoms with Crippen LogP contribution in [0.1, 0.15) is 48.0 Å². The highest BCUT2D eigenvalue weighted by Gasteiger charge is 2.24. The predicted octanol–water partition coefficient (Wildman–Crippen LogP) is 4.81. The molecule has 0 atom stereocenters. The molecule has 2 amide bonds. The maximum atomic E-state index is 12.5. The molecule has 0 fully saturated rings. The van der Waals surface area contributed by atoms with E-state index in [1.807, 2.05) is 56.5 Å². The van der Waals surface area contributed by atoms with Crippen molar-refractivity contribution in [3.05, 3.63) is 63.5 Å². The quantitative estimate of drug-likeness (QED) is 0.615. The van der Waals surface area contributed by atoms with Crippen molar-refractivity contribution in [1.82, 2.24) is 4.98 Å². The second-order valence-corrected chi connectivity index (χ2v) is 9.16. The van der Waals surface area contributed by atoms with Gasteiger partial charge in [-0.05, 0) is 21.9 Å². The fourth-order valence-electron chi connectivity index (χ4n) is 2.66. The Labute approximate surface area is 177 Å². The largest absolute Gasteiger partial charge is 0.311 e. The van der Waals surface area contributed by atoms with Crippen molar-refractivity contribution in [3.63, 3.8) is 0 Å². The third-order valence-electron chi connectivity index (χ3n) is 4.13.